The predicted octanol–water partition coefficient (Wildman–Crippen LogP) is 5.15. The summed E-state index contributed by atoms with van der Waals surface area (Å²) in [5, 5.41) is 10.1. The summed E-state index contributed by atoms with van der Waals surface area (Å²) in [5.41, 5.74) is 1.79. The molecule has 25 heavy (non-hydrogen) atoms. The highest BCUT2D eigenvalue weighted by Crippen LogP contribution is 2.65. The fourth-order valence-corrected chi connectivity index (χ4v) is 7.21. The van der Waals surface area contributed by atoms with Gasteiger partial charge in [-0.05, 0) is 73.5 Å². The minimum Gasteiger partial charge on any atom is -0.393 e. The fourth-order valence-electron chi connectivity index (χ4n) is 7.21. The number of allylic oxidation sites excluding steroid dienone is 1. The van der Waals surface area contributed by atoms with Crippen LogP contribution >= 0.6 is 0 Å². The number of rotatable bonds is 0. The Morgan fingerprint density at radius 3 is 2.44 bits per heavy atom. The minimum atomic E-state index is -0.136. The van der Waals surface area contributed by atoms with Crippen LogP contribution in [0, 0.1) is 39.9 Å². The van der Waals surface area contributed by atoms with Crippen LogP contribution < -0.4 is 0 Å². The Bertz CT molecular complexity index is 612. The molecule has 0 aromatic heterocycles. The molecule has 0 radical (unpaired) electrons. The lowest BCUT2D eigenvalue weighted by atomic mass is 9.48. The molecule has 0 spiro atoms. The third-order valence-corrected chi connectivity index (χ3v) is 8.88. The fraction of sp³-hybridized carbons (Fsp3) is 0.870. The van der Waals surface area contributed by atoms with Crippen molar-refractivity contribution in [2.75, 3.05) is 0 Å². The number of aliphatic hydroxyl groups excluding tert-OH is 1. The molecule has 0 unspecified atom stereocenters. The molecule has 4 aliphatic carbocycles. The number of aliphatic hydroxyl groups is 1. The van der Waals surface area contributed by atoms with Gasteiger partial charge < -0.3 is 5.11 Å². The third kappa shape index (κ3) is 2.42. The summed E-state index contributed by atoms with van der Waals surface area (Å²) in [5.74, 6) is 2.73. The minimum absolute atomic E-state index is 0.0848. The van der Waals surface area contributed by atoms with Gasteiger partial charge in [0.2, 0.25) is 0 Å². The van der Waals surface area contributed by atoms with Crippen LogP contribution in [0.3, 0.4) is 0 Å². The lowest BCUT2D eigenvalue weighted by molar-refractivity contribution is -0.136. The highest BCUT2D eigenvalue weighted by Gasteiger charge is 2.62. The number of hydrogen-bond donors (Lipinski definition) is 1. The van der Waals surface area contributed by atoms with Crippen molar-refractivity contribution in [2.24, 2.45) is 39.9 Å². The Morgan fingerprint density at radius 2 is 1.76 bits per heavy atom. The predicted molar refractivity (Wildman–Crippen MR) is 101 cm³/mol. The molecule has 1 N–H and O–H groups in total. The second-order valence-corrected chi connectivity index (χ2v) is 11.1. The maximum atomic E-state index is 13.3. The number of Topliss-reactive ketones (excluding diaryl/α,β-unsaturated/α-hetero) is 1. The first-order chi connectivity index (χ1) is 11.6. The number of ketones is 1. The van der Waals surface area contributed by atoms with Gasteiger partial charge in [0.1, 0.15) is 5.78 Å². The van der Waals surface area contributed by atoms with Gasteiger partial charge in [0.05, 0.1) is 6.10 Å². The van der Waals surface area contributed by atoms with Gasteiger partial charge in [-0.1, -0.05) is 46.3 Å². The van der Waals surface area contributed by atoms with Gasteiger partial charge in [0.25, 0.3) is 0 Å². The van der Waals surface area contributed by atoms with Crippen molar-refractivity contribution in [1.82, 2.24) is 0 Å². The number of carbonyl (C=O) groups excluding carboxylic acids is 1. The van der Waals surface area contributed by atoms with E-state index in [1.54, 1.807) is 0 Å². The lowest BCUT2D eigenvalue weighted by Crippen LogP contribution is -2.50. The van der Waals surface area contributed by atoms with Crippen LogP contribution in [0.5, 0.6) is 0 Å². The molecule has 0 saturated heterocycles. The second kappa shape index (κ2) is 5.44. The normalized spacial score (nSPS) is 49.9. The first-order valence-corrected chi connectivity index (χ1v) is 10.5. The molecule has 0 aromatic carbocycles. The summed E-state index contributed by atoms with van der Waals surface area (Å²) >= 11 is 0. The first kappa shape index (κ1) is 17.8. The smallest absolute Gasteiger partial charge is 0.142 e. The summed E-state index contributed by atoms with van der Waals surface area (Å²) in [4.78, 5) is 13.3. The average Bonchev–Trinajstić information content (AvgIpc) is 2.80. The largest absolute Gasteiger partial charge is 0.393 e. The summed E-state index contributed by atoms with van der Waals surface area (Å²) in [6, 6.07) is 0. The molecule has 7 atom stereocenters. The van der Waals surface area contributed by atoms with Gasteiger partial charge in [-0.2, -0.15) is 0 Å². The van der Waals surface area contributed by atoms with Gasteiger partial charge in [-0.25, -0.2) is 0 Å². The molecule has 4 aliphatic rings. The van der Waals surface area contributed by atoms with E-state index in [9.17, 15) is 9.90 Å². The van der Waals surface area contributed by atoms with E-state index in [1.807, 2.05) is 0 Å². The Hall–Kier alpha value is -0.630. The third-order valence-electron chi connectivity index (χ3n) is 8.88. The summed E-state index contributed by atoms with van der Waals surface area (Å²) < 4.78 is 0. The van der Waals surface area contributed by atoms with E-state index in [0.29, 0.717) is 23.5 Å². The Labute approximate surface area is 153 Å². The van der Waals surface area contributed by atoms with Crippen molar-refractivity contribution < 1.29 is 9.90 Å². The van der Waals surface area contributed by atoms with Crippen LogP contribution in [0.1, 0.15) is 79.6 Å². The van der Waals surface area contributed by atoms with E-state index in [2.05, 4.69) is 40.7 Å². The van der Waals surface area contributed by atoms with Crippen LogP contribution in [-0.4, -0.2) is 17.0 Å². The van der Waals surface area contributed by atoms with Crippen LogP contribution in [-0.2, 0) is 4.79 Å². The Morgan fingerprint density at radius 1 is 1.08 bits per heavy atom. The van der Waals surface area contributed by atoms with E-state index >= 15 is 0 Å². The van der Waals surface area contributed by atoms with E-state index in [4.69, 9.17) is 0 Å². The van der Waals surface area contributed by atoms with Gasteiger partial charge in [-0.3, -0.25) is 4.79 Å². The highest BCUT2D eigenvalue weighted by atomic mass is 16.3. The summed E-state index contributed by atoms with van der Waals surface area (Å²) in [6.07, 6.45) is 9.79. The molecule has 0 bridgehead atoms. The zero-order valence-electron chi connectivity index (χ0n) is 16.8. The molecule has 3 saturated carbocycles. The average molecular weight is 345 g/mol. The van der Waals surface area contributed by atoms with Crippen molar-refractivity contribution in [3.63, 3.8) is 0 Å². The van der Waals surface area contributed by atoms with Crippen molar-refractivity contribution >= 4 is 5.78 Å². The Balaban J connectivity index is 1.68. The molecule has 0 aliphatic heterocycles. The van der Waals surface area contributed by atoms with Crippen LogP contribution in [0.2, 0.25) is 0 Å². The molecule has 0 amide bonds. The zero-order chi connectivity index (χ0) is 18.2. The number of fused-ring (bicyclic) bond motifs is 5. The molecule has 4 rings (SSSR count). The Kier molecular flexibility index (Phi) is 3.87. The van der Waals surface area contributed by atoms with Crippen LogP contribution in [0.15, 0.2) is 11.6 Å². The van der Waals surface area contributed by atoms with Crippen molar-refractivity contribution in [3.8, 4) is 0 Å². The van der Waals surface area contributed by atoms with Gasteiger partial charge in [0, 0.05) is 11.3 Å². The van der Waals surface area contributed by atoms with Gasteiger partial charge in [0.15, 0.2) is 0 Å². The maximum absolute atomic E-state index is 13.3. The standard InChI is InChI=1S/C23H36O2/c1-21(2,3)19-13-18-16-7-6-14-12-15(24)8-10-22(14,4)17(16)9-11-23(18,5)20(19)25/h6,15-19,24H,7-13H2,1-5H3/t15-,16+,17-,18-,19+,22-,23-/m0/s1. The van der Waals surface area contributed by atoms with Crippen LogP contribution in [0.25, 0.3) is 0 Å². The van der Waals surface area contributed by atoms with Crippen molar-refractivity contribution in [1.29, 1.82) is 0 Å². The second-order valence-electron chi connectivity index (χ2n) is 11.1. The van der Waals surface area contributed by atoms with Crippen LogP contribution in [0.4, 0.5) is 0 Å². The molecular formula is C23H36O2. The SMILES string of the molecule is CC(C)(C)[C@@H]1C[C@H]2[C@@H]3CC=C4C[C@@H](O)CC[C@]4(C)[C@H]3CC[C@]2(C)C1=O. The zero-order valence-corrected chi connectivity index (χ0v) is 16.8. The highest BCUT2D eigenvalue weighted by molar-refractivity contribution is 5.90. The molecule has 0 aromatic rings. The van der Waals surface area contributed by atoms with Gasteiger partial charge >= 0.3 is 0 Å². The molecule has 3 fully saturated rings. The van der Waals surface area contributed by atoms with E-state index in [1.165, 1.54) is 12.0 Å². The maximum Gasteiger partial charge on any atom is 0.142 e. The lowest BCUT2D eigenvalue weighted by Gasteiger charge is -2.56. The topological polar surface area (TPSA) is 37.3 Å². The monoisotopic (exact) mass is 344 g/mol. The van der Waals surface area contributed by atoms with E-state index in [0.717, 1.165) is 38.5 Å². The van der Waals surface area contributed by atoms with Gasteiger partial charge in [-0.15, -0.1) is 0 Å². The molecule has 2 nitrogen and oxygen atoms in total. The summed E-state index contributed by atoms with van der Waals surface area (Å²) in [6.45, 7) is 11.5. The summed E-state index contributed by atoms with van der Waals surface area (Å²) in [7, 11) is 0. The quantitative estimate of drug-likeness (QED) is 0.617. The van der Waals surface area contributed by atoms with E-state index < -0.39 is 0 Å². The van der Waals surface area contributed by atoms with E-state index in [-0.39, 0.29) is 28.3 Å². The van der Waals surface area contributed by atoms with Crippen molar-refractivity contribution in [3.05, 3.63) is 11.6 Å². The first-order valence-electron chi connectivity index (χ1n) is 10.5. The molecule has 140 valence electrons. The molecular weight excluding hydrogens is 308 g/mol. The van der Waals surface area contributed by atoms with Crippen molar-refractivity contribution in [2.45, 2.75) is 85.7 Å². The number of carbonyl (C=O) groups is 1. The molecule has 2 heteroatoms. The molecule has 0 heterocycles. The number of hydrogen-bond acceptors (Lipinski definition) is 2.